The Balaban J connectivity index is 1.58. The molecule has 0 bridgehead atoms. The molecule has 0 unspecified atom stereocenters. The zero-order chi connectivity index (χ0) is 18.8. The Hall–Kier alpha value is -1.20. The molecule has 146 valence electrons. The second kappa shape index (κ2) is 8.22. The first-order valence-electron chi connectivity index (χ1n) is 10.1. The van der Waals surface area contributed by atoms with E-state index in [1.54, 1.807) is 0 Å². The quantitative estimate of drug-likeness (QED) is 0.796. The number of hydrogen-bond donors (Lipinski definition) is 0. The summed E-state index contributed by atoms with van der Waals surface area (Å²) in [6, 6.07) is 3.97. The number of piperidine rings is 1. The van der Waals surface area contributed by atoms with Gasteiger partial charge in [0.25, 0.3) is 0 Å². The van der Waals surface area contributed by atoms with E-state index < -0.39 is 0 Å². The number of rotatable bonds is 4. The maximum absolute atomic E-state index is 14.5. The van der Waals surface area contributed by atoms with Gasteiger partial charge < -0.3 is 4.90 Å². The molecule has 2 aliphatic rings. The predicted molar refractivity (Wildman–Crippen MR) is 104 cm³/mol. The summed E-state index contributed by atoms with van der Waals surface area (Å²) in [4.78, 5) is 7.14. The molecule has 26 heavy (non-hydrogen) atoms. The summed E-state index contributed by atoms with van der Waals surface area (Å²) < 4.78 is 28.8. The smallest absolute Gasteiger partial charge is 0.146 e. The topological polar surface area (TPSA) is 9.72 Å². The molecule has 0 radical (unpaired) electrons. The molecule has 3 nitrogen and oxygen atoms in total. The van der Waals surface area contributed by atoms with Crippen molar-refractivity contribution in [1.29, 1.82) is 0 Å². The first-order valence-corrected chi connectivity index (χ1v) is 10.1. The van der Waals surface area contributed by atoms with Crippen molar-refractivity contribution in [2.24, 2.45) is 0 Å². The second-order valence-corrected chi connectivity index (χ2v) is 8.36. The molecule has 2 fully saturated rings. The van der Waals surface area contributed by atoms with Crippen LogP contribution >= 0.6 is 0 Å². The van der Waals surface area contributed by atoms with Crippen LogP contribution in [0.15, 0.2) is 12.1 Å². The van der Waals surface area contributed by atoms with E-state index in [-0.39, 0.29) is 17.6 Å². The van der Waals surface area contributed by atoms with Crippen molar-refractivity contribution in [3.8, 4) is 0 Å². The van der Waals surface area contributed by atoms with Gasteiger partial charge in [-0.05, 0) is 44.2 Å². The predicted octanol–water partition coefficient (Wildman–Crippen LogP) is 4.08. The van der Waals surface area contributed by atoms with Gasteiger partial charge in [-0.1, -0.05) is 13.8 Å². The molecule has 0 atom stereocenters. The highest BCUT2D eigenvalue weighted by Crippen LogP contribution is 2.30. The normalized spacial score (nSPS) is 21.2. The minimum absolute atomic E-state index is 0.00575. The Labute approximate surface area is 157 Å². The Bertz CT molecular complexity index is 602. The van der Waals surface area contributed by atoms with E-state index in [4.69, 9.17) is 0 Å². The lowest BCUT2D eigenvalue weighted by molar-refractivity contribution is 0.0692. The molecule has 2 heterocycles. The number of benzene rings is 1. The molecule has 2 aliphatic heterocycles. The van der Waals surface area contributed by atoms with Gasteiger partial charge in [0.15, 0.2) is 0 Å². The standard InChI is InChI=1S/C21H33F2N3/c1-15(2)18-13-20(23)21(14-19(18)22)26-7-5-17(6-8-26)25-11-9-24(10-12-25)16(3)4/h13-17H,5-12H2,1-4H3. The zero-order valence-corrected chi connectivity index (χ0v) is 16.6. The van der Waals surface area contributed by atoms with Crippen molar-refractivity contribution in [1.82, 2.24) is 9.80 Å². The molecule has 1 aromatic carbocycles. The summed E-state index contributed by atoms with van der Waals surface area (Å²) in [5.41, 5.74) is 0.888. The number of piperazine rings is 1. The Morgan fingerprint density at radius 1 is 0.846 bits per heavy atom. The number of hydrogen-bond acceptors (Lipinski definition) is 3. The van der Waals surface area contributed by atoms with E-state index in [0.29, 0.717) is 23.3 Å². The molecule has 0 aromatic heterocycles. The lowest BCUT2D eigenvalue weighted by Crippen LogP contribution is -2.54. The van der Waals surface area contributed by atoms with Gasteiger partial charge in [-0.3, -0.25) is 9.80 Å². The van der Waals surface area contributed by atoms with Crippen molar-refractivity contribution in [3.05, 3.63) is 29.3 Å². The highest BCUT2D eigenvalue weighted by Gasteiger charge is 2.29. The minimum atomic E-state index is -0.293. The molecule has 5 heteroatoms. The molecule has 1 aromatic rings. The zero-order valence-electron chi connectivity index (χ0n) is 16.6. The molecular formula is C21H33F2N3. The van der Waals surface area contributed by atoms with Gasteiger partial charge in [0.2, 0.25) is 0 Å². The average Bonchev–Trinajstić information content (AvgIpc) is 2.63. The molecule has 0 aliphatic carbocycles. The van der Waals surface area contributed by atoms with Crippen molar-refractivity contribution < 1.29 is 8.78 Å². The van der Waals surface area contributed by atoms with Crippen molar-refractivity contribution in [2.45, 2.75) is 58.5 Å². The van der Waals surface area contributed by atoms with Crippen LogP contribution in [0.1, 0.15) is 52.0 Å². The fourth-order valence-corrected chi connectivity index (χ4v) is 4.33. The summed E-state index contributed by atoms with van der Waals surface area (Å²) in [6.45, 7) is 14.4. The molecule has 2 saturated heterocycles. The van der Waals surface area contributed by atoms with E-state index >= 15 is 0 Å². The van der Waals surface area contributed by atoms with Crippen LogP contribution in [0.25, 0.3) is 0 Å². The maximum atomic E-state index is 14.5. The van der Waals surface area contributed by atoms with Crippen molar-refractivity contribution in [3.63, 3.8) is 0 Å². The van der Waals surface area contributed by atoms with Crippen molar-refractivity contribution >= 4 is 5.69 Å². The van der Waals surface area contributed by atoms with E-state index in [9.17, 15) is 8.78 Å². The minimum Gasteiger partial charge on any atom is -0.369 e. The first kappa shape index (κ1) is 19.6. The summed E-state index contributed by atoms with van der Waals surface area (Å²) in [6.07, 6.45) is 2.04. The highest BCUT2D eigenvalue weighted by atomic mass is 19.1. The molecule has 3 rings (SSSR count). The van der Waals surface area contributed by atoms with Crippen LogP contribution in [0.5, 0.6) is 0 Å². The number of anilines is 1. The summed E-state index contributed by atoms with van der Waals surface area (Å²) >= 11 is 0. The van der Waals surface area contributed by atoms with E-state index in [2.05, 4.69) is 23.6 Å². The molecule has 0 saturated carbocycles. The van der Waals surface area contributed by atoms with Crippen LogP contribution in [0.3, 0.4) is 0 Å². The molecule has 0 amide bonds. The highest BCUT2D eigenvalue weighted by molar-refractivity contribution is 5.50. The van der Waals surface area contributed by atoms with Gasteiger partial charge in [0.05, 0.1) is 5.69 Å². The van der Waals surface area contributed by atoms with Gasteiger partial charge in [0.1, 0.15) is 11.6 Å². The average molecular weight is 366 g/mol. The van der Waals surface area contributed by atoms with Gasteiger partial charge in [-0.25, -0.2) is 8.78 Å². The Morgan fingerprint density at radius 3 is 2.00 bits per heavy atom. The van der Waals surface area contributed by atoms with E-state index in [1.807, 2.05) is 18.7 Å². The van der Waals surface area contributed by atoms with Crippen LogP contribution in [-0.2, 0) is 0 Å². The third-order valence-electron chi connectivity index (χ3n) is 6.09. The summed E-state index contributed by atoms with van der Waals surface area (Å²) in [5.74, 6) is -0.587. The number of nitrogens with zero attached hydrogens (tertiary/aromatic N) is 3. The second-order valence-electron chi connectivity index (χ2n) is 8.36. The van der Waals surface area contributed by atoms with Gasteiger partial charge in [-0.2, -0.15) is 0 Å². The summed E-state index contributed by atoms with van der Waals surface area (Å²) in [7, 11) is 0. The SMILES string of the molecule is CC(C)c1cc(F)c(N2CCC(N3CCN(C(C)C)CC3)CC2)cc1F. The number of halogens is 2. The summed E-state index contributed by atoms with van der Waals surface area (Å²) in [5, 5.41) is 0. The van der Waals surface area contributed by atoms with Gasteiger partial charge in [-0.15, -0.1) is 0 Å². The van der Waals surface area contributed by atoms with Crippen LogP contribution in [0.4, 0.5) is 14.5 Å². The largest absolute Gasteiger partial charge is 0.369 e. The third kappa shape index (κ3) is 4.20. The molecule has 0 N–H and O–H groups in total. The van der Waals surface area contributed by atoms with Crippen LogP contribution in [-0.4, -0.2) is 61.2 Å². The first-order chi connectivity index (χ1) is 12.4. The van der Waals surface area contributed by atoms with E-state index in [0.717, 1.165) is 52.1 Å². The van der Waals surface area contributed by atoms with Crippen molar-refractivity contribution in [2.75, 3.05) is 44.2 Å². The fourth-order valence-electron chi connectivity index (χ4n) is 4.33. The molecular weight excluding hydrogens is 332 g/mol. The molecule has 0 spiro atoms. The third-order valence-corrected chi connectivity index (χ3v) is 6.09. The monoisotopic (exact) mass is 365 g/mol. The fraction of sp³-hybridized carbons (Fsp3) is 0.714. The van der Waals surface area contributed by atoms with Gasteiger partial charge in [0, 0.05) is 57.4 Å². The van der Waals surface area contributed by atoms with Crippen LogP contribution < -0.4 is 4.90 Å². The van der Waals surface area contributed by atoms with Crippen LogP contribution in [0, 0.1) is 11.6 Å². The lowest BCUT2D eigenvalue weighted by atomic mass is 9.99. The van der Waals surface area contributed by atoms with Crippen LogP contribution in [0.2, 0.25) is 0 Å². The lowest BCUT2D eigenvalue weighted by Gasteiger charge is -2.44. The Kier molecular flexibility index (Phi) is 6.18. The Morgan fingerprint density at radius 2 is 1.46 bits per heavy atom. The van der Waals surface area contributed by atoms with Gasteiger partial charge >= 0.3 is 0 Å². The van der Waals surface area contributed by atoms with E-state index in [1.165, 1.54) is 12.1 Å². The maximum Gasteiger partial charge on any atom is 0.146 e.